The van der Waals surface area contributed by atoms with Gasteiger partial charge in [-0.25, -0.2) is 0 Å². The van der Waals surface area contributed by atoms with E-state index in [2.05, 4.69) is 21.4 Å². The van der Waals surface area contributed by atoms with Crippen LogP contribution in [0.15, 0.2) is 73.1 Å². The number of anilines is 2. The second-order valence-corrected chi connectivity index (χ2v) is 7.22. The molecule has 0 spiro atoms. The molecule has 27 heavy (non-hydrogen) atoms. The van der Waals surface area contributed by atoms with Crippen LogP contribution in [0, 0.1) is 0 Å². The summed E-state index contributed by atoms with van der Waals surface area (Å²) in [4.78, 5) is 9.17. The lowest BCUT2D eigenvalue weighted by Crippen LogP contribution is -1.96. The minimum absolute atomic E-state index is 0.641. The van der Waals surface area contributed by atoms with Gasteiger partial charge in [-0.3, -0.25) is 9.97 Å². The van der Waals surface area contributed by atoms with E-state index in [1.165, 1.54) is 0 Å². The molecule has 3 nitrogen and oxygen atoms in total. The molecule has 5 aromatic rings. The van der Waals surface area contributed by atoms with Crippen LogP contribution in [0.4, 0.5) is 11.4 Å². The molecule has 2 aromatic heterocycles. The van der Waals surface area contributed by atoms with Crippen LogP contribution in [-0.2, 0) is 0 Å². The number of nitrogens with one attached hydrogen (secondary N) is 1. The standard InChI is InChI=1S/C22H13Cl2N3/c23-15-8-13-5-3-7-25-21(13)19(10-15)27-20-11-16(24)9-18-17-6-2-1-4-14(17)12-26-22(18)20/h1-12,27H. The highest BCUT2D eigenvalue weighted by Crippen LogP contribution is 2.35. The summed E-state index contributed by atoms with van der Waals surface area (Å²) < 4.78 is 0. The number of fused-ring (bicyclic) bond motifs is 4. The van der Waals surface area contributed by atoms with Crippen LogP contribution in [-0.4, -0.2) is 9.97 Å². The van der Waals surface area contributed by atoms with E-state index >= 15 is 0 Å². The van der Waals surface area contributed by atoms with Gasteiger partial charge in [0.15, 0.2) is 0 Å². The third-order valence-electron chi connectivity index (χ3n) is 4.60. The number of benzene rings is 3. The molecule has 0 radical (unpaired) electrons. The topological polar surface area (TPSA) is 37.8 Å². The number of halogens is 2. The molecule has 1 N–H and O–H groups in total. The Morgan fingerprint density at radius 1 is 0.667 bits per heavy atom. The fraction of sp³-hybridized carbons (Fsp3) is 0. The van der Waals surface area contributed by atoms with E-state index < -0.39 is 0 Å². The third kappa shape index (κ3) is 2.85. The lowest BCUT2D eigenvalue weighted by atomic mass is 10.1. The van der Waals surface area contributed by atoms with Crippen LogP contribution in [0.1, 0.15) is 0 Å². The summed E-state index contributed by atoms with van der Waals surface area (Å²) in [5.41, 5.74) is 3.33. The third-order valence-corrected chi connectivity index (χ3v) is 5.03. The number of hydrogen-bond acceptors (Lipinski definition) is 3. The maximum absolute atomic E-state index is 6.43. The van der Waals surface area contributed by atoms with Crippen molar-refractivity contribution in [1.29, 1.82) is 0 Å². The highest BCUT2D eigenvalue weighted by atomic mass is 35.5. The van der Waals surface area contributed by atoms with Crippen molar-refractivity contribution in [2.75, 3.05) is 5.32 Å². The van der Waals surface area contributed by atoms with Gasteiger partial charge in [-0.05, 0) is 35.7 Å². The Hall–Kier alpha value is -2.88. The number of aromatic nitrogens is 2. The van der Waals surface area contributed by atoms with Crippen molar-refractivity contribution in [1.82, 2.24) is 9.97 Å². The second kappa shape index (κ2) is 6.38. The summed E-state index contributed by atoms with van der Waals surface area (Å²) in [5, 5.41) is 8.89. The first-order chi connectivity index (χ1) is 13.2. The van der Waals surface area contributed by atoms with Gasteiger partial charge in [0.25, 0.3) is 0 Å². The molecule has 3 aromatic carbocycles. The van der Waals surface area contributed by atoms with Gasteiger partial charge in [0, 0.05) is 38.6 Å². The van der Waals surface area contributed by atoms with Crippen LogP contribution in [0.3, 0.4) is 0 Å². The van der Waals surface area contributed by atoms with Crippen molar-refractivity contribution in [3.63, 3.8) is 0 Å². The fourth-order valence-electron chi connectivity index (χ4n) is 3.42. The van der Waals surface area contributed by atoms with Crippen molar-refractivity contribution in [3.05, 3.63) is 83.1 Å². The van der Waals surface area contributed by atoms with Gasteiger partial charge in [-0.15, -0.1) is 0 Å². The molecular weight excluding hydrogens is 377 g/mol. The molecule has 0 aliphatic carbocycles. The van der Waals surface area contributed by atoms with Crippen LogP contribution in [0.5, 0.6) is 0 Å². The Morgan fingerprint density at radius 2 is 1.41 bits per heavy atom. The largest absolute Gasteiger partial charge is 0.352 e. The van der Waals surface area contributed by atoms with Gasteiger partial charge < -0.3 is 5.32 Å². The zero-order valence-electron chi connectivity index (χ0n) is 14.1. The van der Waals surface area contributed by atoms with Gasteiger partial charge >= 0.3 is 0 Å². The van der Waals surface area contributed by atoms with E-state index in [9.17, 15) is 0 Å². The van der Waals surface area contributed by atoms with E-state index in [0.29, 0.717) is 10.0 Å². The SMILES string of the molecule is Clc1cc(Nc2cc(Cl)cc3c2ncc2ccccc23)c2ncccc2c1. The Kier molecular flexibility index (Phi) is 3.85. The number of nitrogens with zero attached hydrogens (tertiary/aromatic N) is 2. The average Bonchev–Trinajstić information content (AvgIpc) is 2.67. The van der Waals surface area contributed by atoms with Gasteiger partial charge in [0.05, 0.1) is 22.4 Å². The van der Waals surface area contributed by atoms with Crippen molar-refractivity contribution in [2.24, 2.45) is 0 Å². The predicted molar refractivity (Wildman–Crippen MR) is 114 cm³/mol. The minimum Gasteiger partial charge on any atom is -0.352 e. The molecule has 0 aliphatic heterocycles. The Labute approximate surface area is 165 Å². The summed E-state index contributed by atoms with van der Waals surface area (Å²) in [6.45, 7) is 0. The van der Waals surface area contributed by atoms with Crippen LogP contribution in [0.2, 0.25) is 10.0 Å². The summed E-state index contributed by atoms with van der Waals surface area (Å²) >= 11 is 12.7. The zero-order valence-corrected chi connectivity index (χ0v) is 15.6. The molecule has 0 atom stereocenters. The molecule has 0 saturated heterocycles. The summed E-state index contributed by atoms with van der Waals surface area (Å²) in [6, 6.07) is 19.6. The molecule has 0 amide bonds. The van der Waals surface area contributed by atoms with E-state index in [1.807, 2.05) is 60.8 Å². The molecule has 5 heteroatoms. The molecule has 5 rings (SSSR count). The molecule has 130 valence electrons. The van der Waals surface area contributed by atoms with Gasteiger partial charge in [-0.1, -0.05) is 53.5 Å². The number of rotatable bonds is 2. The van der Waals surface area contributed by atoms with Crippen molar-refractivity contribution in [3.8, 4) is 0 Å². The number of hydrogen-bond donors (Lipinski definition) is 1. The summed E-state index contributed by atoms with van der Waals surface area (Å²) in [5.74, 6) is 0. The molecule has 0 saturated carbocycles. The first-order valence-corrected chi connectivity index (χ1v) is 9.23. The van der Waals surface area contributed by atoms with Gasteiger partial charge in [0.2, 0.25) is 0 Å². The van der Waals surface area contributed by atoms with Crippen LogP contribution >= 0.6 is 23.2 Å². The van der Waals surface area contributed by atoms with Crippen molar-refractivity contribution >= 4 is 67.2 Å². The molecule has 0 bridgehead atoms. The molecule has 0 aliphatic rings. The van der Waals surface area contributed by atoms with Crippen molar-refractivity contribution in [2.45, 2.75) is 0 Å². The highest BCUT2D eigenvalue weighted by Gasteiger charge is 2.11. The normalized spacial score (nSPS) is 11.3. The summed E-state index contributed by atoms with van der Waals surface area (Å²) in [6.07, 6.45) is 3.65. The quantitative estimate of drug-likeness (QED) is 0.330. The lowest BCUT2D eigenvalue weighted by molar-refractivity contribution is 1.40. The average molecular weight is 390 g/mol. The zero-order chi connectivity index (χ0) is 18.4. The predicted octanol–water partition coefficient (Wildman–Crippen LogP) is 6.99. The van der Waals surface area contributed by atoms with E-state index in [4.69, 9.17) is 23.2 Å². The van der Waals surface area contributed by atoms with Crippen molar-refractivity contribution < 1.29 is 0 Å². The molecule has 0 unspecified atom stereocenters. The minimum atomic E-state index is 0.641. The highest BCUT2D eigenvalue weighted by molar-refractivity contribution is 6.33. The maximum Gasteiger partial charge on any atom is 0.0944 e. The van der Waals surface area contributed by atoms with E-state index in [1.54, 1.807) is 6.20 Å². The van der Waals surface area contributed by atoms with E-state index in [-0.39, 0.29) is 0 Å². The number of pyridine rings is 2. The Bertz CT molecular complexity index is 1330. The van der Waals surface area contributed by atoms with Crippen LogP contribution < -0.4 is 5.32 Å². The fourth-order valence-corrected chi connectivity index (χ4v) is 3.87. The first-order valence-electron chi connectivity index (χ1n) is 8.47. The van der Waals surface area contributed by atoms with E-state index in [0.717, 1.165) is 44.0 Å². The van der Waals surface area contributed by atoms with Gasteiger partial charge in [-0.2, -0.15) is 0 Å². The smallest absolute Gasteiger partial charge is 0.0944 e. The molecule has 2 heterocycles. The summed E-state index contributed by atoms with van der Waals surface area (Å²) in [7, 11) is 0. The van der Waals surface area contributed by atoms with Gasteiger partial charge in [0.1, 0.15) is 0 Å². The second-order valence-electron chi connectivity index (χ2n) is 6.35. The molecular formula is C22H13Cl2N3. The maximum atomic E-state index is 6.43. The molecule has 0 fully saturated rings. The monoisotopic (exact) mass is 389 g/mol. The first kappa shape index (κ1) is 16.3. The van der Waals surface area contributed by atoms with Crippen LogP contribution in [0.25, 0.3) is 32.6 Å². The Morgan fingerprint density at radius 3 is 2.30 bits per heavy atom. The lowest BCUT2D eigenvalue weighted by Gasteiger charge is -2.13. The Balaban J connectivity index is 1.76.